The molecule has 1 unspecified atom stereocenters. The van der Waals surface area contributed by atoms with Gasteiger partial charge >= 0.3 is 6.09 Å². The lowest BCUT2D eigenvalue weighted by molar-refractivity contribution is -0.172. The number of hydrogen-bond donors (Lipinski definition) is 1. The van der Waals surface area contributed by atoms with Gasteiger partial charge in [-0.2, -0.15) is 13.5 Å². The number of hydroxylamine groups is 2. The van der Waals surface area contributed by atoms with Crippen molar-refractivity contribution in [3.05, 3.63) is 35.4 Å². The van der Waals surface area contributed by atoms with Crippen LogP contribution in [-0.2, 0) is 19.7 Å². The molecule has 1 amide bonds. The number of nitrogens with zero attached hydrogens (tertiary/aromatic N) is 1. The summed E-state index contributed by atoms with van der Waals surface area (Å²) in [5, 5.41) is 1.01. The van der Waals surface area contributed by atoms with Crippen LogP contribution < -0.4 is 0 Å². The predicted molar refractivity (Wildman–Crippen MR) is 94.7 cm³/mol. The lowest BCUT2D eigenvalue weighted by Crippen LogP contribution is -2.35. The zero-order valence-electron chi connectivity index (χ0n) is 15.4. The fourth-order valence-corrected chi connectivity index (χ4v) is 2.76. The van der Waals surface area contributed by atoms with E-state index < -0.39 is 27.9 Å². The average Bonchev–Trinajstić information content (AvgIpc) is 2.43. The van der Waals surface area contributed by atoms with Gasteiger partial charge in [0.1, 0.15) is 11.7 Å². The van der Waals surface area contributed by atoms with Gasteiger partial charge in [-0.05, 0) is 51.7 Å². The van der Waals surface area contributed by atoms with E-state index in [4.69, 9.17) is 14.1 Å². The first-order chi connectivity index (χ1) is 11.4. The van der Waals surface area contributed by atoms with E-state index >= 15 is 0 Å². The summed E-state index contributed by atoms with van der Waals surface area (Å²) in [5.74, 6) is -0.366. The third kappa shape index (κ3) is 8.33. The van der Waals surface area contributed by atoms with Crippen LogP contribution in [0.2, 0.25) is 0 Å². The number of carbonyl (C=O) groups is 1. The van der Waals surface area contributed by atoms with Crippen LogP contribution in [-0.4, -0.2) is 42.5 Å². The van der Waals surface area contributed by atoms with Crippen LogP contribution in [0.15, 0.2) is 24.3 Å². The second kappa shape index (κ2) is 8.64. The molecule has 1 atom stereocenters. The van der Waals surface area contributed by atoms with Crippen LogP contribution in [0.4, 0.5) is 4.79 Å². The van der Waals surface area contributed by atoms with Crippen molar-refractivity contribution < 1.29 is 27.3 Å². The molecule has 7 nitrogen and oxygen atoms in total. The Hall–Kier alpha value is -1.64. The van der Waals surface area contributed by atoms with Crippen molar-refractivity contribution in [2.24, 2.45) is 0 Å². The lowest BCUT2D eigenvalue weighted by Gasteiger charge is -2.28. The highest BCUT2D eigenvalue weighted by Crippen LogP contribution is 2.27. The molecule has 0 saturated heterocycles. The van der Waals surface area contributed by atoms with Crippen molar-refractivity contribution in [1.82, 2.24) is 5.06 Å². The van der Waals surface area contributed by atoms with Crippen molar-refractivity contribution in [3.63, 3.8) is 0 Å². The largest absolute Gasteiger partial charge is 0.442 e. The second-order valence-electron chi connectivity index (χ2n) is 6.86. The Morgan fingerprint density at radius 1 is 1.28 bits per heavy atom. The number of ether oxygens (including phenoxy) is 1. The van der Waals surface area contributed by atoms with Gasteiger partial charge in [0, 0.05) is 7.05 Å². The SMILES string of the molecule is Cc1ccccc1C(CCCS(=O)(=O)O)ON(C)C(=O)OC(C)(C)C. The fourth-order valence-electron chi connectivity index (χ4n) is 2.22. The summed E-state index contributed by atoms with van der Waals surface area (Å²) in [6.45, 7) is 7.17. The first-order valence-corrected chi connectivity index (χ1v) is 9.64. The molecule has 1 aromatic carbocycles. The molecule has 0 saturated carbocycles. The molecule has 25 heavy (non-hydrogen) atoms. The third-order valence-corrected chi connectivity index (χ3v) is 4.14. The van der Waals surface area contributed by atoms with Crippen LogP contribution in [0.25, 0.3) is 0 Å². The first-order valence-electron chi connectivity index (χ1n) is 8.03. The molecule has 0 fully saturated rings. The van der Waals surface area contributed by atoms with Crippen LogP contribution in [0.5, 0.6) is 0 Å². The minimum Gasteiger partial charge on any atom is -0.442 e. The Bertz CT molecular complexity index is 681. The van der Waals surface area contributed by atoms with E-state index in [1.807, 2.05) is 31.2 Å². The van der Waals surface area contributed by atoms with E-state index in [9.17, 15) is 13.2 Å². The molecule has 0 spiro atoms. The van der Waals surface area contributed by atoms with Crippen molar-refractivity contribution in [2.75, 3.05) is 12.8 Å². The zero-order chi connectivity index (χ0) is 19.3. The van der Waals surface area contributed by atoms with Gasteiger partial charge in [0.05, 0.1) is 5.75 Å². The first kappa shape index (κ1) is 21.4. The number of amides is 1. The van der Waals surface area contributed by atoms with Gasteiger partial charge in [-0.25, -0.2) is 4.79 Å². The van der Waals surface area contributed by atoms with Gasteiger partial charge in [-0.3, -0.25) is 9.39 Å². The monoisotopic (exact) mass is 373 g/mol. The summed E-state index contributed by atoms with van der Waals surface area (Å²) >= 11 is 0. The topological polar surface area (TPSA) is 93.1 Å². The highest BCUT2D eigenvalue weighted by atomic mass is 32.2. The van der Waals surface area contributed by atoms with Gasteiger partial charge in [0.2, 0.25) is 0 Å². The number of rotatable bonds is 7. The van der Waals surface area contributed by atoms with E-state index in [0.717, 1.165) is 16.2 Å². The van der Waals surface area contributed by atoms with E-state index in [2.05, 4.69) is 0 Å². The molecular formula is C17H27NO6S. The Morgan fingerprint density at radius 3 is 2.40 bits per heavy atom. The number of hydrogen-bond acceptors (Lipinski definition) is 5. The summed E-state index contributed by atoms with van der Waals surface area (Å²) in [5.41, 5.74) is 1.14. The Labute approximate surface area is 149 Å². The summed E-state index contributed by atoms with van der Waals surface area (Å²) in [4.78, 5) is 17.8. The Balaban J connectivity index is 2.87. The molecule has 0 radical (unpaired) electrons. The third-order valence-electron chi connectivity index (χ3n) is 3.34. The van der Waals surface area contributed by atoms with Gasteiger partial charge in [0.15, 0.2) is 0 Å². The second-order valence-corrected chi connectivity index (χ2v) is 8.43. The van der Waals surface area contributed by atoms with Crippen LogP contribution in [0, 0.1) is 6.92 Å². The minimum absolute atomic E-state index is 0.194. The van der Waals surface area contributed by atoms with Crippen molar-refractivity contribution >= 4 is 16.2 Å². The highest BCUT2D eigenvalue weighted by Gasteiger charge is 2.24. The maximum absolute atomic E-state index is 12.1. The quantitative estimate of drug-likeness (QED) is 0.581. The maximum atomic E-state index is 12.1. The molecule has 1 rings (SSSR count). The molecule has 0 heterocycles. The van der Waals surface area contributed by atoms with E-state index in [0.29, 0.717) is 6.42 Å². The molecule has 0 bridgehead atoms. The van der Waals surface area contributed by atoms with E-state index in [-0.39, 0.29) is 12.2 Å². The van der Waals surface area contributed by atoms with Crippen LogP contribution >= 0.6 is 0 Å². The average molecular weight is 373 g/mol. The smallest absolute Gasteiger partial charge is 0.434 e. The van der Waals surface area contributed by atoms with Gasteiger partial charge < -0.3 is 4.74 Å². The molecule has 0 aliphatic rings. The molecule has 8 heteroatoms. The number of benzene rings is 1. The van der Waals surface area contributed by atoms with Crippen LogP contribution in [0.1, 0.15) is 50.8 Å². The van der Waals surface area contributed by atoms with Crippen molar-refractivity contribution in [3.8, 4) is 0 Å². The summed E-state index contributed by atoms with van der Waals surface area (Å²) in [6.07, 6.45) is -0.668. The van der Waals surface area contributed by atoms with Gasteiger partial charge in [0.25, 0.3) is 10.1 Å². The Morgan fingerprint density at radius 2 is 1.88 bits per heavy atom. The normalized spacial score (nSPS) is 13.4. The fraction of sp³-hybridized carbons (Fsp3) is 0.588. The lowest BCUT2D eigenvalue weighted by atomic mass is 10.0. The summed E-state index contributed by atoms with van der Waals surface area (Å²) < 4.78 is 36.0. The number of carbonyl (C=O) groups excluding carboxylic acids is 1. The molecule has 142 valence electrons. The molecule has 0 aliphatic carbocycles. The van der Waals surface area contributed by atoms with Crippen molar-refractivity contribution in [2.45, 2.75) is 52.2 Å². The standard InChI is InChI=1S/C17H27NO6S/c1-13-9-6-7-10-14(13)15(11-8-12-25(20,21)22)24-18(5)16(19)23-17(2,3)4/h6-7,9-10,15H,8,11-12H2,1-5H3,(H,20,21,22). The van der Waals surface area contributed by atoms with Gasteiger partial charge in [-0.15, -0.1) is 0 Å². The summed E-state index contributed by atoms with van der Waals surface area (Å²) in [6, 6.07) is 7.49. The molecule has 1 aromatic rings. The molecule has 1 N–H and O–H groups in total. The predicted octanol–water partition coefficient (Wildman–Crippen LogP) is 3.50. The Kier molecular flexibility index (Phi) is 7.40. The maximum Gasteiger partial charge on any atom is 0.434 e. The molecule has 0 aliphatic heterocycles. The van der Waals surface area contributed by atoms with Gasteiger partial charge in [-0.1, -0.05) is 24.3 Å². The van der Waals surface area contributed by atoms with E-state index in [1.165, 1.54) is 7.05 Å². The molecule has 0 aromatic heterocycles. The minimum atomic E-state index is -4.04. The number of aryl methyl sites for hydroxylation is 1. The van der Waals surface area contributed by atoms with E-state index in [1.54, 1.807) is 20.8 Å². The summed E-state index contributed by atoms with van der Waals surface area (Å²) in [7, 11) is -2.60. The van der Waals surface area contributed by atoms with Crippen molar-refractivity contribution in [1.29, 1.82) is 0 Å². The van der Waals surface area contributed by atoms with Crippen LogP contribution in [0.3, 0.4) is 0 Å². The highest BCUT2D eigenvalue weighted by molar-refractivity contribution is 7.85. The molecular weight excluding hydrogens is 346 g/mol. The zero-order valence-corrected chi connectivity index (χ0v) is 16.2.